The smallest absolute Gasteiger partial charge is 0.409 e. The third-order valence-corrected chi connectivity index (χ3v) is 1.04. The van der Waals surface area contributed by atoms with Crippen LogP contribution >= 0.6 is 0 Å². The van der Waals surface area contributed by atoms with Gasteiger partial charge in [-0.1, -0.05) is 0 Å². The van der Waals surface area contributed by atoms with E-state index in [-0.39, 0.29) is 6.73 Å². The molecule has 0 aliphatic heterocycles. The van der Waals surface area contributed by atoms with Crippen molar-refractivity contribution < 1.29 is 19.4 Å². The summed E-state index contributed by atoms with van der Waals surface area (Å²) in [5.74, 6) is 0. The molecule has 0 aliphatic rings. The second-order valence-corrected chi connectivity index (χ2v) is 2.07. The summed E-state index contributed by atoms with van der Waals surface area (Å²) >= 11 is 0. The SMILES string of the molecule is CCNC(=O)OCN(C)C(=O)O. The van der Waals surface area contributed by atoms with Crippen LogP contribution in [0.3, 0.4) is 0 Å². The molecular formula is C6H12N2O4. The van der Waals surface area contributed by atoms with Crippen LogP contribution in [0.2, 0.25) is 0 Å². The highest BCUT2D eigenvalue weighted by molar-refractivity contribution is 5.68. The minimum Gasteiger partial charge on any atom is -0.465 e. The first-order valence-electron chi connectivity index (χ1n) is 3.42. The Morgan fingerprint density at radius 3 is 2.58 bits per heavy atom. The maximum atomic E-state index is 10.6. The summed E-state index contributed by atoms with van der Waals surface area (Å²) in [6.07, 6.45) is -1.76. The van der Waals surface area contributed by atoms with Crippen molar-refractivity contribution in [2.24, 2.45) is 0 Å². The average Bonchev–Trinajstić information content (AvgIpc) is 2.00. The molecule has 0 radical (unpaired) electrons. The minimum absolute atomic E-state index is 0.263. The Morgan fingerprint density at radius 2 is 2.17 bits per heavy atom. The van der Waals surface area contributed by atoms with Gasteiger partial charge in [0.1, 0.15) is 0 Å². The monoisotopic (exact) mass is 176 g/mol. The summed E-state index contributed by atoms with van der Waals surface area (Å²) in [5.41, 5.74) is 0. The predicted octanol–water partition coefficient (Wildman–Crippen LogP) is 0.300. The number of ether oxygens (including phenoxy) is 1. The first kappa shape index (κ1) is 10.5. The number of hydrogen-bond acceptors (Lipinski definition) is 3. The maximum absolute atomic E-state index is 10.6. The molecule has 0 saturated carbocycles. The summed E-state index contributed by atoms with van der Waals surface area (Å²) in [5, 5.41) is 10.7. The van der Waals surface area contributed by atoms with Crippen molar-refractivity contribution >= 4 is 12.2 Å². The van der Waals surface area contributed by atoms with Crippen LogP contribution < -0.4 is 5.32 Å². The maximum Gasteiger partial charge on any atom is 0.409 e. The Morgan fingerprint density at radius 1 is 1.58 bits per heavy atom. The third-order valence-electron chi connectivity index (χ3n) is 1.04. The summed E-state index contributed by atoms with van der Waals surface area (Å²) in [6, 6.07) is 0. The Labute approximate surface area is 70.1 Å². The average molecular weight is 176 g/mol. The first-order chi connectivity index (χ1) is 5.57. The van der Waals surface area contributed by atoms with Gasteiger partial charge in [0.05, 0.1) is 0 Å². The quantitative estimate of drug-likeness (QED) is 0.606. The van der Waals surface area contributed by atoms with Crippen LogP contribution in [-0.2, 0) is 4.74 Å². The van der Waals surface area contributed by atoms with Crippen LogP contribution in [0.1, 0.15) is 6.92 Å². The zero-order chi connectivity index (χ0) is 9.56. The van der Waals surface area contributed by atoms with Gasteiger partial charge in [0, 0.05) is 13.6 Å². The van der Waals surface area contributed by atoms with Gasteiger partial charge in [0.25, 0.3) is 0 Å². The number of nitrogens with one attached hydrogen (secondary N) is 1. The molecule has 0 fully saturated rings. The zero-order valence-corrected chi connectivity index (χ0v) is 7.03. The number of carbonyl (C=O) groups is 2. The lowest BCUT2D eigenvalue weighted by Crippen LogP contribution is -2.32. The van der Waals surface area contributed by atoms with Crippen LogP contribution in [0.15, 0.2) is 0 Å². The number of carbonyl (C=O) groups excluding carboxylic acids is 1. The summed E-state index contributed by atoms with van der Waals surface area (Å²) in [7, 11) is 1.31. The van der Waals surface area contributed by atoms with E-state index < -0.39 is 12.2 Å². The number of carboxylic acid groups (broad SMARTS) is 1. The molecule has 6 nitrogen and oxygen atoms in total. The molecule has 0 rings (SSSR count). The molecule has 2 N–H and O–H groups in total. The third kappa shape index (κ3) is 4.37. The highest BCUT2D eigenvalue weighted by atomic mass is 16.6. The highest BCUT2D eigenvalue weighted by Gasteiger charge is 2.07. The van der Waals surface area contributed by atoms with Crippen molar-refractivity contribution in [1.29, 1.82) is 0 Å². The number of amides is 2. The molecule has 2 amide bonds. The van der Waals surface area contributed by atoms with E-state index in [2.05, 4.69) is 10.1 Å². The highest BCUT2D eigenvalue weighted by Crippen LogP contribution is 1.85. The molecule has 0 aromatic heterocycles. The van der Waals surface area contributed by atoms with Crippen molar-refractivity contribution in [3.8, 4) is 0 Å². The number of hydrogen-bond donors (Lipinski definition) is 2. The lowest BCUT2D eigenvalue weighted by molar-refractivity contribution is 0.0774. The van der Waals surface area contributed by atoms with Crippen LogP contribution in [-0.4, -0.2) is 42.5 Å². The van der Waals surface area contributed by atoms with Crippen molar-refractivity contribution in [2.45, 2.75) is 6.92 Å². The molecule has 0 aliphatic carbocycles. The molecule has 0 spiro atoms. The molecule has 6 heteroatoms. The van der Waals surface area contributed by atoms with E-state index in [0.717, 1.165) is 4.90 Å². The Kier molecular flexibility index (Phi) is 4.59. The van der Waals surface area contributed by atoms with Gasteiger partial charge >= 0.3 is 12.2 Å². The van der Waals surface area contributed by atoms with E-state index in [0.29, 0.717) is 6.54 Å². The molecule has 0 saturated heterocycles. The Hall–Kier alpha value is -1.46. The molecule has 0 atom stereocenters. The standard InChI is InChI=1S/C6H12N2O4/c1-3-7-5(9)12-4-8(2)6(10)11/h3-4H2,1-2H3,(H,7,9)(H,10,11). The van der Waals surface area contributed by atoms with E-state index >= 15 is 0 Å². The van der Waals surface area contributed by atoms with Crippen LogP contribution in [0, 0.1) is 0 Å². The van der Waals surface area contributed by atoms with Gasteiger partial charge in [0.2, 0.25) is 0 Å². The van der Waals surface area contributed by atoms with Gasteiger partial charge in [-0.2, -0.15) is 0 Å². The first-order valence-corrected chi connectivity index (χ1v) is 3.42. The van der Waals surface area contributed by atoms with E-state index in [1.807, 2.05) is 0 Å². The summed E-state index contributed by atoms with van der Waals surface area (Å²) in [4.78, 5) is 21.7. The second-order valence-electron chi connectivity index (χ2n) is 2.07. The molecule has 70 valence electrons. The Balaban J connectivity index is 3.54. The summed E-state index contributed by atoms with van der Waals surface area (Å²) in [6.45, 7) is 1.93. The number of alkyl carbamates (subject to hydrolysis) is 1. The van der Waals surface area contributed by atoms with E-state index in [4.69, 9.17) is 5.11 Å². The van der Waals surface area contributed by atoms with Crippen molar-refractivity contribution in [1.82, 2.24) is 10.2 Å². The van der Waals surface area contributed by atoms with Gasteiger partial charge in [0.15, 0.2) is 6.73 Å². The van der Waals surface area contributed by atoms with Crippen molar-refractivity contribution in [2.75, 3.05) is 20.3 Å². The van der Waals surface area contributed by atoms with Crippen molar-refractivity contribution in [3.63, 3.8) is 0 Å². The molecule has 12 heavy (non-hydrogen) atoms. The number of nitrogens with zero attached hydrogens (tertiary/aromatic N) is 1. The predicted molar refractivity (Wildman–Crippen MR) is 40.8 cm³/mol. The van der Waals surface area contributed by atoms with Crippen LogP contribution in [0.5, 0.6) is 0 Å². The van der Waals surface area contributed by atoms with E-state index in [1.54, 1.807) is 6.92 Å². The fraction of sp³-hybridized carbons (Fsp3) is 0.667. The van der Waals surface area contributed by atoms with E-state index in [1.165, 1.54) is 7.05 Å². The van der Waals surface area contributed by atoms with Gasteiger partial charge in [-0.3, -0.25) is 4.90 Å². The fourth-order valence-corrected chi connectivity index (χ4v) is 0.406. The van der Waals surface area contributed by atoms with Gasteiger partial charge in [-0.15, -0.1) is 0 Å². The molecule has 0 heterocycles. The molecule has 0 bridgehead atoms. The zero-order valence-electron chi connectivity index (χ0n) is 7.03. The lowest BCUT2D eigenvalue weighted by Gasteiger charge is -2.12. The lowest BCUT2D eigenvalue weighted by atomic mass is 10.7. The largest absolute Gasteiger partial charge is 0.465 e. The molecule has 0 unspecified atom stereocenters. The van der Waals surface area contributed by atoms with Crippen LogP contribution in [0.25, 0.3) is 0 Å². The van der Waals surface area contributed by atoms with Crippen LogP contribution in [0.4, 0.5) is 9.59 Å². The minimum atomic E-state index is -1.14. The Bertz CT molecular complexity index is 171. The normalized spacial score (nSPS) is 8.83. The molecule has 0 aromatic rings. The topological polar surface area (TPSA) is 78.9 Å². The molecular weight excluding hydrogens is 164 g/mol. The van der Waals surface area contributed by atoms with E-state index in [9.17, 15) is 9.59 Å². The van der Waals surface area contributed by atoms with Gasteiger partial charge in [-0.05, 0) is 6.92 Å². The second kappa shape index (κ2) is 5.22. The molecule has 0 aromatic carbocycles. The number of rotatable bonds is 3. The van der Waals surface area contributed by atoms with Crippen molar-refractivity contribution in [3.05, 3.63) is 0 Å². The fourth-order valence-electron chi connectivity index (χ4n) is 0.406. The van der Waals surface area contributed by atoms with Gasteiger partial charge < -0.3 is 15.2 Å². The summed E-state index contributed by atoms with van der Waals surface area (Å²) < 4.78 is 4.50. The van der Waals surface area contributed by atoms with Gasteiger partial charge in [-0.25, -0.2) is 9.59 Å².